The maximum absolute atomic E-state index is 12.7. The van der Waals surface area contributed by atoms with Gasteiger partial charge in [-0.1, -0.05) is 27.2 Å². The number of carbonyl (C=O) groups excluding carboxylic acids is 1. The molecule has 1 aromatic carbocycles. The second-order valence-electron chi connectivity index (χ2n) is 8.06. The fourth-order valence-electron chi connectivity index (χ4n) is 3.51. The largest absolute Gasteiger partial charge is 0.494 e. The van der Waals surface area contributed by atoms with Crippen molar-refractivity contribution in [3.05, 3.63) is 35.7 Å². The van der Waals surface area contributed by atoms with Crippen molar-refractivity contribution >= 4 is 22.4 Å². The van der Waals surface area contributed by atoms with Gasteiger partial charge in [0.05, 0.1) is 24.0 Å². The Morgan fingerprint density at radius 2 is 2.07 bits per heavy atom. The first-order valence-electron chi connectivity index (χ1n) is 9.77. The number of aromatic nitrogens is 1. The molecule has 146 valence electrons. The van der Waals surface area contributed by atoms with Crippen LogP contribution in [0.3, 0.4) is 0 Å². The number of unbranched alkanes of at least 4 members (excludes halogenated alkanes) is 1. The lowest BCUT2D eigenvalue weighted by atomic mass is 9.82. The lowest BCUT2D eigenvalue weighted by Crippen LogP contribution is -2.29. The number of nitrogens with one attached hydrogen (secondary N) is 2. The quantitative estimate of drug-likeness (QED) is 0.580. The molecule has 3 rings (SSSR count). The first-order chi connectivity index (χ1) is 12.8. The molecule has 0 saturated heterocycles. The third-order valence-electron chi connectivity index (χ3n) is 4.84. The molecule has 5 heteroatoms. The molecule has 0 saturated carbocycles. The van der Waals surface area contributed by atoms with Gasteiger partial charge < -0.3 is 19.8 Å². The van der Waals surface area contributed by atoms with Crippen LogP contribution in [0.1, 0.15) is 58.7 Å². The van der Waals surface area contributed by atoms with E-state index in [1.807, 2.05) is 26.0 Å². The summed E-state index contributed by atoms with van der Waals surface area (Å²) in [5.41, 5.74) is 3.33. The summed E-state index contributed by atoms with van der Waals surface area (Å²) >= 11 is 0. The molecule has 0 aliphatic carbocycles. The maximum atomic E-state index is 12.7. The Balaban J connectivity index is 2.07. The van der Waals surface area contributed by atoms with E-state index in [9.17, 15) is 4.79 Å². The summed E-state index contributed by atoms with van der Waals surface area (Å²) in [5.74, 6) is 0.529. The molecule has 27 heavy (non-hydrogen) atoms. The molecule has 0 radical (unpaired) electrons. The van der Waals surface area contributed by atoms with Crippen LogP contribution >= 0.6 is 0 Å². The number of rotatable bonds is 6. The molecular weight excluding hydrogens is 340 g/mol. The van der Waals surface area contributed by atoms with Crippen LogP contribution in [-0.2, 0) is 14.9 Å². The maximum Gasteiger partial charge on any atom is 0.342 e. The van der Waals surface area contributed by atoms with Gasteiger partial charge in [0.25, 0.3) is 0 Å². The summed E-state index contributed by atoms with van der Waals surface area (Å²) in [6.07, 6.45) is 3.74. The third-order valence-corrected chi connectivity index (χ3v) is 4.84. The number of hydrogen-bond donors (Lipinski definition) is 2. The van der Waals surface area contributed by atoms with Crippen LogP contribution in [0.4, 0.5) is 0 Å². The number of esters is 1. The van der Waals surface area contributed by atoms with E-state index in [-0.39, 0.29) is 17.5 Å². The van der Waals surface area contributed by atoms with Crippen LogP contribution in [0.25, 0.3) is 16.5 Å². The van der Waals surface area contributed by atoms with Gasteiger partial charge in [0, 0.05) is 35.1 Å². The van der Waals surface area contributed by atoms with E-state index >= 15 is 0 Å². The Kier molecular flexibility index (Phi) is 5.49. The average Bonchev–Trinajstić information content (AvgIpc) is 2.91. The van der Waals surface area contributed by atoms with E-state index in [2.05, 4.69) is 37.1 Å². The molecule has 0 bridgehead atoms. The average molecular weight is 370 g/mol. The fraction of sp³-hybridized carbons (Fsp3) is 0.500. The highest BCUT2D eigenvalue weighted by molar-refractivity contribution is 6.18. The van der Waals surface area contributed by atoms with Gasteiger partial charge in [-0.15, -0.1) is 0 Å². The SMILES string of the molecule is CCCCOc1ccc2c3c([nH]c2c1)C(C(=O)OC(C)C)=CNCC3(C)C. The molecule has 0 spiro atoms. The standard InChI is InChI=1S/C22H30N2O3/c1-6-7-10-26-15-8-9-16-18(11-15)24-20-17(21(25)27-14(2)3)12-23-13-22(4,5)19(16)20/h8-9,11-12,14,23-24H,6-7,10,13H2,1-5H3. The van der Waals surface area contributed by atoms with Crippen molar-refractivity contribution in [1.29, 1.82) is 0 Å². The zero-order valence-electron chi connectivity index (χ0n) is 16.9. The van der Waals surface area contributed by atoms with Crippen molar-refractivity contribution in [2.45, 2.75) is 59.0 Å². The van der Waals surface area contributed by atoms with Gasteiger partial charge in [-0.25, -0.2) is 4.79 Å². The molecule has 0 atom stereocenters. The van der Waals surface area contributed by atoms with E-state index in [4.69, 9.17) is 9.47 Å². The number of benzene rings is 1. The van der Waals surface area contributed by atoms with E-state index in [1.165, 1.54) is 0 Å². The van der Waals surface area contributed by atoms with Gasteiger partial charge in [0.1, 0.15) is 5.75 Å². The summed E-state index contributed by atoms with van der Waals surface area (Å²) in [6.45, 7) is 11.7. The molecule has 1 aromatic heterocycles. The molecular formula is C22H30N2O3. The van der Waals surface area contributed by atoms with Gasteiger partial charge in [-0.05, 0) is 38.0 Å². The monoisotopic (exact) mass is 370 g/mol. The normalized spacial score (nSPS) is 15.7. The van der Waals surface area contributed by atoms with E-state index in [0.29, 0.717) is 12.2 Å². The van der Waals surface area contributed by atoms with Crippen molar-refractivity contribution in [3.63, 3.8) is 0 Å². The Bertz CT molecular complexity index is 862. The second kappa shape index (κ2) is 7.67. The van der Waals surface area contributed by atoms with Crippen molar-refractivity contribution < 1.29 is 14.3 Å². The fourth-order valence-corrected chi connectivity index (χ4v) is 3.51. The van der Waals surface area contributed by atoms with E-state index in [0.717, 1.165) is 47.3 Å². The topological polar surface area (TPSA) is 63.4 Å². The van der Waals surface area contributed by atoms with Crippen molar-refractivity contribution in [1.82, 2.24) is 10.3 Å². The smallest absolute Gasteiger partial charge is 0.342 e. The number of carbonyl (C=O) groups is 1. The van der Waals surface area contributed by atoms with Crippen LogP contribution in [0.5, 0.6) is 5.75 Å². The van der Waals surface area contributed by atoms with Gasteiger partial charge in [0.15, 0.2) is 0 Å². The predicted octanol–water partition coefficient (Wildman–Crippen LogP) is 4.52. The summed E-state index contributed by atoms with van der Waals surface area (Å²) in [7, 11) is 0. The molecule has 1 aliphatic heterocycles. The summed E-state index contributed by atoms with van der Waals surface area (Å²) < 4.78 is 11.3. The van der Waals surface area contributed by atoms with Crippen LogP contribution < -0.4 is 10.1 Å². The van der Waals surface area contributed by atoms with Crippen molar-refractivity contribution in [2.75, 3.05) is 13.2 Å². The van der Waals surface area contributed by atoms with Gasteiger partial charge in [-0.3, -0.25) is 0 Å². The van der Waals surface area contributed by atoms with Crippen LogP contribution in [0.2, 0.25) is 0 Å². The lowest BCUT2D eigenvalue weighted by molar-refractivity contribution is -0.140. The molecule has 0 amide bonds. The Morgan fingerprint density at radius 1 is 1.30 bits per heavy atom. The van der Waals surface area contributed by atoms with Crippen LogP contribution in [0, 0.1) is 0 Å². The van der Waals surface area contributed by atoms with E-state index < -0.39 is 0 Å². The number of ether oxygens (including phenoxy) is 2. The Hall–Kier alpha value is -2.43. The van der Waals surface area contributed by atoms with Crippen LogP contribution in [0.15, 0.2) is 24.4 Å². The van der Waals surface area contributed by atoms with Gasteiger partial charge in [0.2, 0.25) is 0 Å². The molecule has 0 fully saturated rings. The predicted molar refractivity (Wildman–Crippen MR) is 109 cm³/mol. The minimum absolute atomic E-state index is 0.144. The highest BCUT2D eigenvalue weighted by Crippen LogP contribution is 2.39. The minimum Gasteiger partial charge on any atom is -0.494 e. The van der Waals surface area contributed by atoms with E-state index in [1.54, 1.807) is 6.20 Å². The first-order valence-corrected chi connectivity index (χ1v) is 9.77. The lowest BCUT2D eigenvalue weighted by Gasteiger charge is -2.24. The number of fused-ring (bicyclic) bond motifs is 3. The zero-order chi connectivity index (χ0) is 19.6. The van der Waals surface area contributed by atoms with Crippen molar-refractivity contribution in [3.8, 4) is 5.75 Å². The summed E-state index contributed by atoms with van der Waals surface area (Å²) in [6, 6.07) is 6.12. The summed E-state index contributed by atoms with van der Waals surface area (Å²) in [5, 5.41) is 4.39. The number of H-pyrrole nitrogens is 1. The van der Waals surface area contributed by atoms with Gasteiger partial charge >= 0.3 is 5.97 Å². The Labute approximate surface area is 161 Å². The number of hydrogen-bond acceptors (Lipinski definition) is 4. The van der Waals surface area contributed by atoms with Crippen molar-refractivity contribution in [2.24, 2.45) is 0 Å². The summed E-state index contributed by atoms with van der Waals surface area (Å²) in [4.78, 5) is 16.1. The Morgan fingerprint density at radius 3 is 2.78 bits per heavy atom. The van der Waals surface area contributed by atoms with Gasteiger partial charge in [-0.2, -0.15) is 0 Å². The zero-order valence-corrected chi connectivity index (χ0v) is 16.9. The second-order valence-corrected chi connectivity index (χ2v) is 8.06. The molecule has 0 unspecified atom stereocenters. The molecule has 5 nitrogen and oxygen atoms in total. The molecule has 2 aromatic rings. The molecule has 1 aliphatic rings. The molecule has 2 heterocycles. The first kappa shape index (κ1) is 19.3. The highest BCUT2D eigenvalue weighted by Gasteiger charge is 2.33. The minimum atomic E-state index is -0.317. The highest BCUT2D eigenvalue weighted by atomic mass is 16.5. The third kappa shape index (κ3) is 3.97. The number of aromatic amines is 1. The van der Waals surface area contributed by atoms with Crippen LogP contribution in [-0.4, -0.2) is 30.2 Å². The molecule has 2 N–H and O–H groups in total.